The molecule has 2 aromatic rings. The van der Waals surface area contributed by atoms with Gasteiger partial charge in [0.1, 0.15) is 0 Å². The first-order valence-electron chi connectivity index (χ1n) is 22.7. The summed E-state index contributed by atoms with van der Waals surface area (Å²) in [6.07, 6.45) is 54.8. The van der Waals surface area contributed by atoms with Crippen molar-refractivity contribution in [1.82, 2.24) is 4.90 Å². The third kappa shape index (κ3) is 6.70. The van der Waals surface area contributed by atoms with E-state index in [1.165, 1.54) is 87.3 Å². The molecule has 7 atom stereocenters. The maximum atomic E-state index is 3.04. The molecular formula is C55H61NSi. The molecule has 290 valence electrons. The maximum absolute atomic E-state index is 3.04. The van der Waals surface area contributed by atoms with E-state index in [4.69, 9.17) is 0 Å². The predicted octanol–water partition coefficient (Wildman–Crippen LogP) is 12.6. The average molecular weight is 764 g/mol. The Kier molecular flexibility index (Phi) is 10.4. The molecule has 0 saturated carbocycles. The molecule has 0 spiro atoms. The molecule has 0 aliphatic heterocycles. The summed E-state index contributed by atoms with van der Waals surface area (Å²) in [5.41, 5.74) is 14.0. The fraction of sp³-hybridized carbons (Fsp3) is 0.382. The predicted molar refractivity (Wildman–Crippen MR) is 245 cm³/mol. The van der Waals surface area contributed by atoms with E-state index >= 15 is 0 Å². The summed E-state index contributed by atoms with van der Waals surface area (Å²) in [6.45, 7) is 0. The second kappa shape index (κ2) is 16.1. The Morgan fingerprint density at radius 3 is 2.28 bits per heavy atom. The summed E-state index contributed by atoms with van der Waals surface area (Å²) in [4.78, 5) is 3.04. The van der Waals surface area contributed by atoms with Gasteiger partial charge in [0.25, 0.3) is 0 Å². The zero-order valence-electron chi connectivity index (χ0n) is 34.2. The van der Waals surface area contributed by atoms with Crippen LogP contribution in [0.4, 0.5) is 0 Å². The fourth-order valence-electron chi connectivity index (χ4n) is 12.6. The van der Waals surface area contributed by atoms with Gasteiger partial charge >= 0.3 is 0 Å². The van der Waals surface area contributed by atoms with Gasteiger partial charge in [-0.05, 0) is 129 Å². The van der Waals surface area contributed by atoms with E-state index in [0.717, 1.165) is 29.5 Å². The van der Waals surface area contributed by atoms with Crippen molar-refractivity contribution in [3.63, 3.8) is 0 Å². The van der Waals surface area contributed by atoms with E-state index in [1.54, 1.807) is 38.7 Å². The summed E-state index contributed by atoms with van der Waals surface area (Å²) in [7, 11) is 1.13. The van der Waals surface area contributed by atoms with E-state index in [1.807, 2.05) is 0 Å². The Hall–Kier alpha value is -4.40. The Morgan fingerprint density at radius 2 is 1.51 bits per heavy atom. The summed E-state index contributed by atoms with van der Waals surface area (Å²) in [5.74, 6) is 1.83. The molecule has 8 aliphatic carbocycles. The Labute approximate surface area is 345 Å². The summed E-state index contributed by atoms with van der Waals surface area (Å²) < 4.78 is 0. The van der Waals surface area contributed by atoms with E-state index in [0.29, 0.717) is 35.8 Å². The first kappa shape index (κ1) is 36.9. The molecule has 0 radical (unpaired) electrons. The van der Waals surface area contributed by atoms with Crippen LogP contribution in [0.1, 0.15) is 112 Å². The van der Waals surface area contributed by atoms with Gasteiger partial charge in [-0.15, -0.1) is 0 Å². The van der Waals surface area contributed by atoms with Gasteiger partial charge in [0.15, 0.2) is 0 Å². The lowest BCUT2D eigenvalue weighted by atomic mass is 9.57. The Balaban J connectivity index is 1.07. The average Bonchev–Trinajstić information content (AvgIpc) is 3.59. The minimum atomic E-state index is -0.0434. The normalized spacial score (nSPS) is 31.9. The first-order chi connectivity index (χ1) is 28.2. The second-order valence-electron chi connectivity index (χ2n) is 18.2. The van der Waals surface area contributed by atoms with Crippen LogP contribution in [-0.4, -0.2) is 27.2 Å². The van der Waals surface area contributed by atoms with Crippen molar-refractivity contribution in [2.24, 2.45) is 17.8 Å². The van der Waals surface area contributed by atoms with E-state index in [-0.39, 0.29) is 5.41 Å². The number of benzene rings is 2. The quantitative estimate of drug-likeness (QED) is 0.191. The largest absolute Gasteiger partial charge is 0.365 e. The van der Waals surface area contributed by atoms with Gasteiger partial charge in [0.2, 0.25) is 0 Å². The third-order valence-corrected chi connectivity index (χ3v) is 16.1. The van der Waals surface area contributed by atoms with Crippen molar-refractivity contribution in [3.05, 3.63) is 196 Å². The molecule has 0 bridgehead atoms. The molecule has 1 nitrogen and oxygen atoms in total. The molecule has 0 heterocycles. The van der Waals surface area contributed by atoms with Gasteiger partial charge in [0.05, 0.1) is 0 Å². The number of fused-ring (bicyclic) bond motifs is 3. The molecule has 8 aliphatic rings. The molecule has 0 aromatic heterocycles. The van der Waals surface area contributed by atoms with Crippen molar-refractivity contribution in [1.29, 1.82) is 0 Å². The number of nitrogens with zero attached hydrogens (tertiary/aromatic N) is 1. The van der Waals surface area contributed by atoms with Crippen molar-refractivity contribution >= 4 is 15.8 Å². The van der Waals surface area contributed by atoms with Crippen LogP contribution in [0, 0.1) is 17.8 Å². The molecule has 2 heteroatoms. The highest BCUT2D eigenvalue weighted by Crippen LogP contribution is 2.62. The SMILES string of the molecule is [SiH3]C1=C(C2=CCCC=C2)CCC(N(C2=C(c3ccccc3)C=CC(C3=CCCCC3)C2)C2C=CC(C3(C4=CCCC=C4)c4ccccc4C4C=CC=CC43)CC2)C1. The van der Waals surface area contributed by atoms with Gasteiger partial charge in [-0.3, -0.25) is 0 Å². The second-order valence-corrected chi connectivity index (χ2v) is 19.4. The fourth-order valence-corrected chi connectivity index (χ4v) is 13.6. The van der Waals surface area contributed by atoms with Gasteiger partial charge in [-0.2, -0.15) is 0 Å². The summed E-state index contributed by atoms with van der Waals surface area (Å²) in [6, 6.07) is 21.8. The lowest BCUT2D eigenvalue weighted by Crippen LogP contribution is -2.47. The standard InChI is InChI=1S/C55H61NSi/c57-54-38-46(34-36-48(54)41-21-9-3-10-22-41)56(53-37-42(39-17-5-1-6-18-39)29-35-47(53)40-19-7-2-8-20-40)45-32-30-44(31-33-45)55(43-23-11-4-12-24-43)51-27-15-13-25-49(51)50-26-14-16-28-52(50)55/h2,7-9,11,13-17,19-30,32,35,42,44-46,49,51H,1,3-6,10,12,18,31,33-34,36-38H2,57H3. The summed E-state index contributed by atoms with van der Waals surface area (Å²) in [5, 5.41) is 1.74. The summed E-state index contributed by atoms with van der Waals surface area (Å²) >= 11 is 0. The van der Waals surface area contributed by atoms with Crippen LogP contribution in [0.25, 0.3) is 5.57 Å². The highest BCUT2D eigenvalue weighted by Gasteiger charge is 2.56. The molecule has 0 fully saturated rings. The zero-order valence-corrected chi connectivity index (χ0v) is 36.2. The lowest BCUT2D eigenvalue weighted by molar-refractivity contribution is 0.160. The van der Waals surface area contributed by atoms with Crippen LogP contribution in [0.5, 0.6) is 0 Å². The van der Waals surface area contributed by atoms with Crippen molar-refractivity contribution in [2.45, 2.75) is 113 Å². The molecule has 57 heavy (non-hydrogen) atoms. The van der Waals surface area contributed by atoms with Gasteiger partial charge in [-0.25, -0.2) is 0 Å². The van der Waals surface area contributed by atoms with E-state index in [2.05, 4.69) is 151 Å². The number of hydrogen-bond acceptors (Lipinski definition) is 1. The minimum Gasteiger partial charge on any atom is -0.365 e. The topological polar surface area (TPSA) is 3.24 Å². The van der Waals surface area contributed by atoms with Gasteiger partial charge < -0.3 is 4.90 Å². The molecule has 0 N–H and O–H groups in total. The third-order valence-electron chi connectivity index (χ3n) is 15.1. The molecule has 0 amide bonds. The van der Waals surface area contributed by atoms with Gasteiger partial charge in [0, 0.05) is 56.8 Å². The highest BCUT2D eigenvalue weighted by atomic mass is 28.1. The Bertz CT molecular complexity index is 2210. The van der Waals surface area contributed by atoms with Crippen molar-refractivity contribution in [2.75, 3.05) is 0 Å². The molecular weight excluding hydrogens is 703 g/mol. The number of hydrogen-bond donors (Lipinski definition) is 0. The molecule has 10 rings (SSSR count). The van der Waals surface area contributed by atoms with E-state index in [9.17, 15) is 0 Å². The first-order valence-corrected chi connectivity index (χ1v) is 23.7. The minimum absolute atomic E-state index is 0.0434. The van der Waals surface area contributed by atoms with Crippen LogP contribution >= 0.6 is 0 Å². The van der Waals surface area contributed by atoms with Crippen molar-refractivity contribution in [3.8, 4) is 0 Å². The monoisotopic (exact) mass is 763 g/mol. The van der Waals surface area contributed by atoms with Crippen LogP contribution in [0.15, 0.2) is 179 Å². The van der Waals surface area contributed by atoms with Crippen LogP contribution in [0.2, 0.25) is 0 Å². The zero-order chi connectivity index (χ0) is 38.2. The highest BCUT2D eigenvalue weighted by molar-refractivity contribution is 6.22. The Morgan fingerprint density at radius 1 is 0.667 bits per heavy atom. The van der Waals surface area contributed by atoms with Crippen molar-refractivity contribution < 1.29 is 0 Å². The number of allylic oxidation sites excluding steroid dienone is 20. The maximum Gasteiger partial charge on any atom is 0.0473 e. The number of rotatable bonds is 8. The molecule has 7 unspecified atom stereocenters. The van der Waals surface area contributed by atoms with Crippen LogP contribution < -0.4 is 0 Å². The smallest absolute Gasteiger partial charge is 0.0473 e. The van der Waals surface area contributed by atoms with Crippen LogP contribution in [-0.2, 0) is 5.41 Å². The molecule has 2 aromatic carbocycles. The molecule has 0 saturated heterocycles. The van der Waals surface area contributed by atoms with Gasteiger partial charge in [-0.1, -0.05) is 157 Å². The van der Waals surface area contributed by atoms with Crippen LogP contribution in [0.3, 0.4) is 0 Å². The van der Waals surface area contributed by atoms with E-state index < -0.39 is 0 Å². The lowest BCUT2D eigenvalue weighted by Gasteiger charge is -2.49.